The summed E-state index contributed by atoms with van der Waals surface area (Å²) in [5.74, 6) is -0.475. The molecule has 0 radical (unpaired) electrons. The minimum Gasteiger partial charge on any atom is -0.320 e. The molecular formula is C20H17ClN2O2. The lowest BCUT2D eigenvalue weighted by molar-refractivity contribution is 0.102. The highest BCUT2D eigenvalue weighted by molar-refractivity contribution is 6.33. The number of nitrogens with zero attached hydrogens (tertiary/aromatic N) is 1. The maximum atomic E-state index is 12.7. The fourth-order valence-corrected chi connectivity index (χ4v) is 2.74. The number of hydrogen-bond acceptors (Lipinski definition) is 2. The van der Waals surface area contributed by atoms with Gasteiger partial charge in [0, 0.05) is 6.20 Å². The molecule has 3 rings (SSSR count). The SMILES string of the molecule is Cc1ccccc1Cn1cccc(C(=O)Nc2ccccc2Cl)c1=O. The third-order valence-corrected chi connectivity index (χ3v) is 4.32. The van der Waals surface area contributed by atoms with E-state index in [4.69, 9.17) is 11.6 Å². The smallest absolute Gasteiger partial charge is 0.263 e. The van der Waals surface area contributed by atoms with Crippen molar-refractivity contribution in [3.05, 3.63) is 98.9 Å². The third kappa shape index (κ3) is 3.80. The standard InChI is InChI=1S/C20H17ClN2O2/c1-14-7-2-3-8-15(14)13-23-12-6-9-16(20(23)25)19(24)22-18-11-5-4-10-17(18)21/h2-12H,13H2,1H3,(H,22,24). The molecule has 25 heavy (non-hydrogen) atoms. The van der Waals surface area contributed by atoms with E-state index < -0.39 is 5.91 Å². The Balaban J connectivity index is 1.88. The van der Waals surface area contributed by atoms with Crippen LogP contribution >= 0.6 is 11.6 Å². The van der Waals surface area contributed by atoms with Crippen molar-refractivity contribution in [1.82, 2.24) is 4.57 Å². The Morgan fingerprint density at radius 2 is 1.76 bits per heavy atom. The number of para-hydroxylation sites is 1. The molecule has 0 aliphatic carbocycles. The second kappa shape index (κ2) is 7.36. The number of pyridine rings is 1. The van der Waals surface area contributed by atoms with Crippen LogP contribution in [0.5, 0.6) is 0 Å². The van der Waals surface area contributed by atoms with Gasteiger partial charge >= 0.3 is 0 Å². The average Bonchev–Trinajstić information content (AvgIpc) is 2.60. The van der Waals surface area contributed by atoms with Gasteiger partial charge in [-0.3, -0.25) is 9.59 Å². The number of aromatic nitrogens is 1. The van der Waals surface area contributed by atoms with Gasteiger partial charge in [-0.25, -0.2) is 0 Å². The van der Waals surface area contributed by atoms with Crippen molar-refractivity contribution in [2.75, 3.05) is 5.32 Å². The fraction of sp³-hybridized carbons (Fsp3) is 0.100. The molecule has 5 heteroatoms. The Kier molecular flexibility index (Phi) is 5.00. The summed E-state index contributed by atoms with van der Waals surface area (Å²) < 4.78 is 1.53. The van der Waals surface area contributed by atoms with Gasteiger partial charge in [0.1, 0.15) is 5.56 Å². The van der Waals surface area contributed by atoms with Crippen LogP contribution in [0.25, 0.3) is 0 Å². The Bertz CT molecular complexity index is 979. The summed E-state index contributed by atoms with van der Waals surface area (Å²) in [6.45, 7) is 2.41. The lowest BCUT2D eigenvalue weighted by Crippen LogP contribution is -2.29. The van der Waals surface area contributed by atoms with Crippen LogP contribution in [0, 0.1) is 6.92 Å². The minimum absolute atomic E-state index is 0.0796. The minimum atomic E-state index is -0.475. The monoisotopic (exact) mass is 352 g/mol. The second-order valence-corrected chi connectivity index (χ2v) is 6.12. The highest BCUT2D eigenvalue weighted by Crippen LogP contribution is 2.20. The first-order valence-corrected chi connectivity index (χ1v) is 8.24. The van der Waals surface area contributed by atoms with E-state index in [-0.39, 0.29) is 11.1 Å². The van der Waals surface area contributed by atoms with E-state index >= 15 is 0 Å². The lowest BCUT2D eigenvalue weighted by Gasteiger charge is -2.11. The number of aryl methyl sites for hydroxylation is 1. The zero-order valence-corrected chi connectivity index (χ0v) is 14.5. The second-order valence-electron chi connectivity index (χ2n) is 5.72. The number of benzene rings is 2. The number of carbonyl (C=O) groups excluding carboxylic acids is 1. The van der Waals surface area contributed by atoms with Gasteiger partial charge in [0.15, 0.2) is 0 Å². The normalized spacial score (nSPS) is 10.5. The van der Waals surface area contributed by atoms with Gasteiger partial charge in [-0.05, 0) is 42.3 Å². The van der Waals surface area contributed by atoms with E-state index in [1.165, 1.54) is 10.6 Å². The van der Waals surface area contributed by atoms with Crippen molar-refractivity contribution in [3.63, 3.8) is 0 Å². The first-order valence-electron chi connectivity index (χ1n) is 7.86. The van der Waals surface area contributed by atoms with Crippen LogP contribution in [0.4, 0.5) is 5.69 Å². The maximum absolute atomic E-state index is 12.7. The number of anilines is 1. The first-order chi connectivity index (χ1) is 12.1. The zero-order chi connectivity index (χ0) is 17.8. The molecule has 4 nitrogen and oxygen atoms in total. The summed E-state index contributed by atoms with van der Waals surface area (Å²) in [6, 6.07) is 18.0. The number of halogens is 1. The topological polar surface area (TPSA) is 51.1 Å². The summed E-state index contributed by atoms with van der Waals surface area (Å²) in [4.78, 5) is 25.1. The fourth-order valence-electron chi connectivity index (χ4n) is 2.56. The summed E-state index contributed by atoms with van der Waals surface area (Å²) in [5.41, 5.74) is 2.35. The zero-order valence-electron chi connectivity index (χ0n) is 13.7. The molecule has 1 amide bonds. The Morgan fingerprint density at radius 1 is 1.04 bits per heavy atom. The molecule has 0 fully saturated rings. The molecule has 1 N–H and O–H groups in total. The number of nitrogens with one attached hydrogen (secondary N) is 1. The Labute approximate surface area is 150 Å². The van der Waals surface area contributed by atoms with Gasteiger partial charge < -0.3 is 9.88 Å². The molecule has 3 aromatic rings. The van der Waals surface area contributed by atoms with E-state index in [9.17, 15) is 9.59 Å². The molecule has 0 saturated carbocycles. The van der Waals surface area contributed by atoms with Gasteiger partial charge in [0.2, 0.25) is 0 Å². The van der Waals surface area contributed by atoms with Crippen molar-refractivity contribution in [3.8, 4) is 0 Å². The molecule has 0 saturated heterocycles. The predicted octanol–water partition coefficient (Wildman–Crippen LogP) is 4.11. The largest absolute Gasteiger partial charge is 0.320 e. The number of amides is 1. The summed E-state index contributed by atoms with van der Waals surface area (Å²) in [7, 11) is 0. The molecule has 0 bridgehead atoms. The molecule has 2 aromatic carbocycles. The van der Waals surface area contributed by atoms with E-state index in [1.807, 2.05) is 31.2 Å². The van der Waals surface area contributed by atoms with Crippen molar-refractivity contribution in [1.29, 1.82) is 0 Å². The van der Waals surface area contributed by atoms with E-state index in [0.717, 1.165) is 11.1 Å². The van der Waals surface area contributed by atoms with Crippen molar-refractivity contribution in [2.45, 2.75) is 13.5 Å². The first kappa shape index (κ1) is 17.0. The third-order valence-electron chi connectivity index (χ3n) is 3.99. The molecule has 1 aromatic heterocycles. The van der Waals surface area contributed by atoms with Gasteiger partial charge in [-0.2, -0.15) is 0 Å². The van der Waals surface area contributed by atoms with Gasteiger partial charge in [0.05, 0.1) is 17.3 Å². The summed E-state index contributed by atoms with van der Waals surface area (Å²) in [5, 5.41) is 3.11. The molecule has 126 valence electrons. The molecular weight excluding hydrogens is 336 g/mol. The van der Waals surface area contributed by atoms with Crippen molar-refractivity contribution < 1.29 is 4.79 Å². The molecule has 0 spiro atoms. The van der Waals surface area contributed by atoms with Crippen LogP contribution in [0.15, 0.2) is 71.7 Å². The predicted molar refractivity (Wildman–Crippen MR) is 100 cm³/mol. The maximum Gasteiger partial charge on any atom is 0.263 e. The van der Waals surface area contributed by atoms with Crippen LogP contribution in [-0.4, -0.2) is 10.5 Å². The molecule has 1 heterocycles. The molecule has 0 atom stereocenters. The van der Waals surface area contributed by atoms with Crippen LogP contribution < -0.4 is 10.9 Å². The van der Waals surface area contributed by atoms with Gasteiger partial charge in [-0.1, -0.05) is 48.0 Å². The van der Waals surface area contributed by atoms with Gasteiger partial charge in [0.25, 0.3) is 11.5 Å². The summed E-state index contributed by atoms with van der Waals surface area (Å²) in [6.07, 6.45) is 1.68. The lowest BCUT2D eigenvalue weighted by atomic mass is 10.1. The number of carbonyl (C=O) groups is 1. The average molecular weight is 353 g/mol. The van der Waals surface area contributed by atoms with E-state index in [2.05, 4.69) is 5.32 Å². The Morgan fingerprint density at radius 3 is 2.52 bits per heavy atom. The molecule has 0 aliphatic heterocycles. The van der Waals surface area contributed by atoms with Crippen LogP contribution in [0.1, 0.15) is 21.5 Å². The van der Waals surface area contributed by atoms with E-state index in [0.29, 0.717) is 17.3 Å². The highest BCUT2D eigenvalue weighted by atomic mass is 35.5. The van der Waals surface area contributed by atoms with Crippen LogP contribution in [0.2, 0.25) is 5.02 Å². The highest BCUT2D eigenvalue weighted by Gasteiger charge is 2.14. The summed E-state index contributed by atoms with van der Waals surface area (Å²) >= 11 is 6.05. The van der Waals surface area contributed by atoms with Crippen LogP contribution in [0.3, 0.4) is 0 Å². The van der Waals surface area contributed by atoms with E-state index in [1.54, 1.807) is 36.5 Å². The van der Waals surface area contributed by atoms with Gasteiger partial charge in [-0.15, -0.1) is 0 Å². The van der Waals surface area contributed by atoms with Crippen LogP contribution in [-0.2, 0) is 6.54 Å². The number of rotatable bonds is 4. The number of hydrogen-bond donors (Lipinski definition) is 1. The Hall–Kier alpha value is -2.85. The van der Waals surface area contributed by atoms with Crippen molar-refractivity contribution >= 4 is 23.2 Å². The van der Waals surface area contributed by atoms with Crippen molar-refractivity contribution in [2.24, 2.45) is 0 Å². The molecule has 0 aliphatic rings. The quantitative estimate of drug-likeness (QED) is 0.768. The molecule has 0 unspecified atom stereocenters.